The first-order valence-electron chi connectivity index (χ1n) is 7.82. The van der Waals surface area contributed by atoms with Crippen LogP contribution in [-0.4, -0.2) is 21.2 Å². The molecule has 126 valence electrons. The molecule has 6 nitrogen and oxygen atoms in total. The number of anilines is 1. The van der Waals surface area contributed by atoms with E-state index in [0.717, 1.165) is 0 Å². The van der Waals surface area contributed by atoms with Gasteiger partial charge in [0.15, 0.2) is 5.78 Å². The quantitative estimate of drug-likeness (QED) is 0.856. The Morgan fingerprint density at radius 3 is 2.33 bits per heavy atom. The molecule has 1 aromatic carbocycles. The number of carbonyl (C=O) groups is 2. The highest BCUT2D eigenvalue weighted by Crippen LogP contribution is 2.16. The number of nitrogens with zero attached hydrogens (tertiary/aromatic N) is 2. The molecular weight excluding hydrogens is 306 g/mol. The number of nitrogens with one attached hydrogen (secondary N) is 1. The van der Waals surface area contributed by atoms with Crippen LogP contribution in [0.3, 0.4) is 0 Å². The van der Waals surface area contributed by atoms with Gasteiger partial charge in [0.1, 0.15) is 6.04 Å². The van der Waals surface area contributed by atoms with E-state index in [1.165, 1.54) is 11.5 Å². The van der Waals surface area contributed by atoms with Gasteiger partial charge in [0.2, 0.25) is 5.91 Å². The van der Waals surface area contributed by atoms with Crippen molar-refractivity contribution in [3.05, 3.63) is 57.8 Å². The zero-order chi connectivity index (χ0) is 17.9. The molecule has 1 heterocycles. The van der Waals surface area contributed by atoms with E-state index in [9.17, 15) is 14.4 Å². The second kappa shape index (κ2) is 7.21. The molecule has 0 aliphatic carbocycles. The lowest BCUT2D eigenvalue weighted by Crippen LogP contribution is -2.36. The first-order valence-corrected chi connectivity index (χ1v) is 7.82. The van der Waals surface area contributed by atoms with Gasteiger partial charge in [0.05, 0.1) is 0 Å². The lowest BCUT2D eigenvalue weighted by Gasteiger charge is -2.20. The summed E-state index contributed by atoms with van der Waals surface area (Å²) in [6.45, 7) is 6.86. The summed E-state index contributed by atoms with van der Waals surface area (Å²) < 4.78 is 1.41. The fraction of sp³-hybridized carbons (Fsp3) is 0.333. The second-order valence-corrected chi connectivity index (χ2v) is 5.74. The van der Waals surface area contributed by atoms with Crippen LogP contribution in [0.15, 0.2) is 35.1 Å². The molecule has 1 unspecified atom stereocenters. The van der Waals surface area contributed by atoms with Crippen molar-refractivity contribution < 1.29 is 9.59 Å². The van der Waals surface area contributed by atoms with Gasteiger partial charge in [-0.15, -0.1) is 0 Å². The third-order valence-electron chi connectivity index (χ3n) is 3.84. The molecule has 0 bridgehead atoms. The fourth-order valence-electron chi connectivity index (χ4n) is 2.64. The van der Waals surface area contributed by atoms with Crippen LogP contribution in [0.2, 0.25) is 0 Å². The van der Waals surface area contributed by atoms with Gasteiger partial charge in [0, 0.05) is 22.6 Å². The zero-order valence-corrected chi connectivity index (χ0v) is 14.3. The average Bonchev–Trinajstić information content (AvgIpc) is 2.51. The molecule has 0 aliphatic heterocycles. The highest BCUT2D eigenvalue weighted by molar-refractivity contribution is 5.96. The van der Waals surface area contributed by atoms with Crippen LogP contribution < -0.4 is 11.0 Å². The topological polar surface area (TPSA) is 81.1 Å². The van der Waals surface area contributed by atoms with Crippen molar-refractivity contribution >= 4 is 17.4 Å². The van der Waals surface area contributed by atoms with E-state index in [2.05, 4.69) is 10.3 Å². The summed E-state index contributed by atoms with van der Waals surface area (Å²) in [7, 11) is 0. The maximum atomic E-state index is 12.6. The van der Waals surface area contributed by atoms with Crippen molar-refractivity contribution in [2.45, 2.75) is 40.2 Å². The second-order valence-electron chi connectivity index (χ2n) is 5.74. The minimum atomic E-state index is -0.641. The molecule has 1 N–H and O–H groups in total. The van der Waals surface area contributed by atoms with Gasteiger partial charge >= 0.3 is 5.69 Å². The van der Waals surface area contributed by atoms with Crippen molar-refractivity contribution in [1.29, 1.82) is 0 Å². The monoisotopic (exact) mass is 327 g/mol. The van der Waals surface area contributed by atoms with Crippen molar-refractivity contribution in [3.63, 3.8) is 0 Å². The summed E-state index contributed by atoms with van der Waals surface area (Å²) in [6.07, 6.45) is 0.461. The molecule has 1 aromatic heterocycles. The fourth-order valence-corrected chi connectivity index (χ4v) is 2.64. The SMILES string of the molecule is CCC(C(=O)Nc1ccc(C(C)=O)cc1)n1c(C)cc(C)nc1=O. The van der Waals surface area contributed by atoms with E-state index < -0.39 is 11.7 Å². The number of hydrogen-bond acceptors (Lipinski definition) is 4. The van der Waals surface area contributed by atoms with Crippen LogP contribution in [-0.2, 0) is 4.79 Å². The standard InChI is InChI=1S/C18H21N3O3/c1-5-16(21-12(3)10-11(2)19-18(21)24)17(23)20-15-8-6-14(7-9-15)13(4)22/h6-10,16H,5H2,1-4H3,(H,20,23). The summed E-state index contributed by atoms with van der Waals surface area (Å²) in [5.41, 5.74) is 2.05. The number of benzene rings is 1. The lowest BCUT2D eigenvalue weighted by atomic mass is 10.1. The predicted octanol–water partition coefficient (Wildman–Crippen LogP) is 2.65. The minimum Gasteiger partial charge on any atom is -0.324 e. The van der Waals surface area contributed by atoms with Crippen molar-refractivity contribution in [2.24, 2.45) is 0 Å². The predicted molar refractivity (Wildman–Crippen MR) is 92.4 cm³/mol. The van der Waals surface area contributed by atoms with Crippen LogP contribution in [0.25, 0.3) is 0 Å². The number of aryl methyl sites for hydroxylation is 2. The van der Waals surface area contributed by atoms with E-state index in [1.807, 2.05) is 6.92 Å². The van der Waals surface area contributed by atoms with Crippen LogP contribution in [0, 0.1) is 13.8 Å². The molecule has 0 saturated heterocycles. The van der Waals surface area contributed by atoms with E-state index in [4.69, 9.17) is 0 Å². The van der Waals surface area contributed by atoms with Gasteiger partial charge in [-0.05, 0) is 57.5 Å². The Hall–Kier alpha value is -2.76. The number of rotatable bonds is 5. The van der Waals surface area contributed by atoms with Crippen molar-refractivity contribution in [1.82, 2.24) is 9.55 Å². The first-order chi connectivity index (χ1) is 11.3. The number of hydrogen-bond donors (Lipinski definition) is 1. The Balaban J connectivity index is 2.27. The van der Waals surface area contributed by atoms with E-state index in [0.29, 0.717) is 29.1 Å². The molecular formula is C18H21N3O3. The van der Waals surface area contributed by atoms with Crippen LogP contribution in [0.5, 0.6) is 0 Å². The molecule has 6 heteroatoms. The molecule has 2 rings (SSSR count). The Labute approximate surface area is 140 Å². The third-order valence-corrected chi connectivity index (χ3v) is 3.84. The van der Waals surface area contributed by atoms with Gasteiger partial charge in [-0.1, -0.05) is 6.92 Å². The van der Waals surface area contributed by atoms with Crippen molar-refractivity contribution in [2.75, 3.05) is 5.32 Å². The molecule has 0 aliphatic rings. The maximum Gasteiger partial charge on any atom is 0.348 e. The zero-order valence-electron chi connectivity index (χ0n) is 14.3. The first kappa shape index (κ1) is 17.6. The number of Topliss-reactive ketones (excluding diaryl/α,β-unsaturated/α-hetero) is 1. The minimum absolute atomic E-state index is 0.0350. The van der Waals surface area contributed by atoms with Gasteiger partial charge in [-0.2, -0.15) is 4.98 Å². The Kier molecular flexibility index (Phi) is 5.28. The molecule has 24 heavy (non-hydrogen) atoms. The molecule has 0 fully saturated rings. The number of aromatic nitrogens is 2. The van der Waals surface area contributed by atoms with Gasteiger partial charge < -0.3 is 5.32 Å². The number of ketones is 1. The number of amides is 1. The third kappa shape index (κ3) is 3.76. The highest BCUT2D eigenvalue weighted by atomic mass is 16.2. The van der Waals surface area contributed by atoms with Gasteiger partial charge in [-0.25, -0.2) is 4.79 Å². The Morgan fingerprint density at radius 2 is 1.83 bits per heavy atom. The molecule has 2 aromatic rings. The van der Waals surface area contributed by atoms with Gasteiger partial charge in [-0.3, -0.25) is 14.2 Å². The summed E-state index contributed by atoms with van der Waals surface area (Å²) in [4.78, 5) is 40.0. The lowest BCUT2D eigenvalue weighted by molar-refractivity contribution is -0.119. The molecule has 0 radical (unpaired) electrons. The Morgan fingerprint density at radius 1 is 1.21 bits per heavy atom. The highest BCUT2D eigenvalue weighted by Gasteiger charge is 2.22. The van der Waals surface area contributed by atoms with Crippen LogP contribution >= 0.6 is 0 Å². The average molecular weight is 327 g/mol. The van der Waals surface area contributed by atoms with Crippen LogP contribution in [0.1, 0.15) is 48.1 Å². The molecule has 0 saturated carbocycles. The normalized spacial score (nSPS) is 11.8. The number of carbonyl (C=O) groups excluding carboxylic acids is 2. The van der Waals surface area contributed by atoms with Crippen molar-refractivity contribution in [3.8, 4) is 0 Å². The molecule has 1 atom stereocenters. The largest absolute Gasteiger partial charge is 0.348 e. The van der Waals surface area contributed by atoms with E-state index in [1.54, 1.807) is 44.2 Å². The van der Waals surface area contributed by atoms with E-state index >= 15 is 0 Å². The summed E-state index contributed by atoms with van der Waals surface area (Å²) in [6, 6.07) is 7.79. The van der Waals surface area contributed by atoms with E-state index in [-0.39, 0.29) is 11.7 Å². The summed E-state index contributed by atoms with van der Waals surface area (Å²) in [5, 5.41) is 2.79. The van der Waals surface area contributed by atoms with Gasteiger partial charge in [0.25, 0.3) is 0 Å². The smallest absolute Gasteiger partial charge is 0.324 e. The summed E-state index contributed by atoms with van der Waals surface area (Å²) in [5.74, 6) is -0.323. The molecule has 1 amide bonds. The molecule has 0 spiro atoms. The summed E-state index contributed by atoms with van der Waals surface area (Å²) >= 11 is 0. The van der Waals surface area contributed by atoms with Crippen LogP contribution in [0.4, 0.5) is 5.69 Å². The maximum absolute atomic E-state index is 12.6. The Bertz CT molecular complexity index is 822.